The zero-order chi connectivity index (χ0) is 12.4. The van der Waals surface area contributed by atoms with Crippen LogP contribution in [0.5, 0.6) is 0 Å². The fraction of sp³-hybridized carbons (Fsp3) is 0.462. The summed E-state index contributed by atoms with van der Waals surface area (Å²) in [4.78, 5) is 13.7. The van der Waals surface area contributed by atoms with Crippen LogP contribution in [-0.4, -0.2) is 17.4 Å². The molecule has 4 heteroatoms. The Morgan fingerprint density at radius 2 is 2.18 bits per heavy atom. The molecule has 1 amide bonds. The van der Waals surface area contributed by atoms with Crippen molar-refractivity contribution < 1.29 is 9.18 Å². The number of carbonyl (C=O) groups excluding carboxylic acids is 1. The average molecular weight is 300 g/mol. The maximum Gasteiger partial charge on any atom is 0.225 e. The molecule has 0 aromatic heterocycles. The first kappa shape index (κ1) is 12.6. The third-order valence-corrected chi connectivity index (χ3v) is 3.37. The predicted octanol–water partition coefficient (Wildman–Crippen LogP) is 3.35. The number of rotatable bonds is 4. The van der Waals surface area contributed by atoms with Gasteiger partial charge in [0, 0.05) is 23.5 Å². The van der Waals surface area contributed by atoms with Crippen LogP contribution in [0.1, 0.15) is 25.3 Å². The number of carbonyl (C=O) groups is 1. The van der Waals surface area contributed by atoms with Gasteiger partial charge in [0.2, 0.25) is 5.91 Å². The Balaban J connectivity index is 2.09. The molecule has 1 aromatic rings. The summed E-state index contributed by atoms with van der Waals surface area (Å²) >= 11 is 3.26. The third-order valence-electron chi connectivity index (χ3n) is 2.92. The molecule has 0 aliphatic heterocycles. The molecule has 1 saturated carbocycles. The van der Waals surface area contributed by atoms with E-state index >= 15 is 0 Å². The molecule has 1 aliphatic rings. The molecule has 0 bridgehead atoms. The second-order valence-electron chi connectivity index (χ2n) is 4.40. The SMILES string of the molecule is CCN(Cc1cc(F)cc(Br)c1)C(=O)C1CC1. The molecule has 2 rings (SSSR count). The van der Waals surface area contributed by atoms with Gasteiger partial charge >= 0.3 is 0 Å². The first-order valence-corrected chi connectivity index (χ1v) is 6.63. The first-order chi connectivity index (χ1) is 8.10. The van der Waals surface area contributed by atoms with Gasteiger partial charge in [-0.25, -0.2) is 4.39 Å². The van der Waals surface area contributed by atoms with E-state index in [1.807, 2.05) is 13.0 Å². The topological polar surface area (TPSA) is 20.3 Å². The molecule has 0 heterocycles. The van der Waals surface area contributed by atoms with E-state index < -0.39 is 0 Å². The molecule has 1 aromatic carbocycles. The Kier molecular flexibility index (Phi) is 3.82. The number of hydrogen-bond acceptors (Lipinski definition) is 1. The number of halogens is 2. The van der Waals surface area contributed by atoms with Crippen molar-refractivity contribution in [3.05, 3.63) is 34.1 Å². The van der Waals surface area contributed by atoms with Crippen molar-refractivity contribution >= 4 is 21.8 Å². The van der Waals surface area contributed by atoms with Crippen molar-refractivity contribution in [2.24, 2.45) is 5.92 Å². The van der Waals surface area contributed by atoms with E-state index in [1.54, 1.807) is 4.90 Å². The van der Waals surface area contributed by atoms with Crippen LogP contribution in [0, 0.1) is 11.7 Å². The fourth-order valence-electron chi connectivity index (χ4n) is 1.86. The van der Waals surface area contributed by atoms with Gasteiger partial charge in [0.25, 0.3) is 0 Å². The van der Waals surface area contributed by atoms with Gasteiger partial charge < -0.3 is 4.90 Å². The smallest absolute Gasteiger partial charge is 0.225 e. The van der Waals surface area contributed by atoms with Gasteiger partial charge in [-0.3, -0.25) is 4.79 Å². The molecule has 0 spiro atoms. The van der Waals surface area contributed by atoms with Crippen molar-refractivity contribution in [1.29, 1.82) is 0 Å². The molecule has 92 valence electrons. The lowest BCUT2D eigenvalue weighted by Gasteiger charge is -2.21. The lowest BCUT2D eigenvalue weighted by Crippen LogP contribution is -2.31. The lowest BCUT2D eigenvalue weighted by molar-refractivity contribution is -0.132. The minimum absolute atomic E-state index is 0.202. The van der Waals surface area contributed by atoms with Crippen LogP contribution in [0.2, 0.25) is 0 Å². The van der Waals surface area contributed by atoms with E-state index in [9.17, 15) is 9.18 Å². The summed E-state index contributed by atoms with van der Waals surface area (Å²) in [6.45, 7) is 3.11. The minimum Gasteiger partial charge on any atom is -0.338 e. The number of amides is 1. The second kappa shape index (κ2) is 5.17. The normalized spacial score (nSPS) is 14.8. The van der Waals surface area contributed by atoms with Gasteiger partial charge in [-0.05, 0) is 43.5 Å². The average Bonchev–Trinajstić information content (AvgIpc) is 3.07. The van der Waals surface area contributed by atoms with E-state index in [4.69, 9.17) is 0 Å². The summed E-state index contributed by atoms with van der Waals surface area (Å²) in [7, 11) is 0. The van der Waals surface area contributed by atoms with Gasteiger partial charge in [-0.2, -0.15) is 0 Å². The highest BCUT2D eigenvalue weighted by Crippen LogP contribution is 2.31. The Hall–Kier alpha value is -0.900. The standard InChI is InChI=1S/C13H15BrFNO/c1-2-16(13(17)10-3-4-10)8-9-5-11(14)7-12(15)6-9/h5-7,10H,2-4,8H2,1H3. The van der Waals surface area contributed by atoms with Crippen LogP contribution in [0.3, 0.4) is 0 Å². The fourth-order valence-corrected chi connectivity index (χ4v) is 2.37. The van der Waals surface area contributed by atoms with Crippen molar-refractivity contribution in [1.82, 2.24) is 4.90 Å². The quantitative estimate of drug-likeness (QED) is 0.835. The van der Waals surface area contributed by atoms with Gasteiger partial charge in [0.1, 0.15) is 5.82 Å². The van der Waals surface area contributed by atoms with Crippen LogP contribution in [0.15, 0.2) is 22.7 Å². The summed E-state index contributed by atoms with van der Waals surface area (Å²) in [5, 5.41) is 0. The van der Waals surface area contributed by atoms with Crippen LogP contribution in [0.4, 0.5) is 4.39 Å². The Bertz CT molecular complexity index is 411. The van der Waals surface area contributed by atoms with Crippen molar-refractivity contribution in [2.45, 2.75) is 26.3 Å². The molecule has 0 saturated heterocycles. The number of benzene rings is 1. The molecule has 0 unspecified atom stereocenters. The van der Waals surface area contributed by atoms with Crippen LogP contribution >= 0.6 is 15.9 Å². The van der Waals surface area contributed by atoms with E-state index in [-0.39, 0.29) is 17.6 Å². The molecule has 1 fully saturated rings. The van der Waals surface area contributed by atoms with E-state index in [0.717, 1.165) is 18.4 Å². The second-order valence-corrected chi connectivity index (χ2v) is 5.32. The van der Waals surface area contributed by atoms with Crippen LogP contribution in [0.25, 0.3) is 0 Å². The highest BCUT2D eigenvalue weighted by molar-refractivity contribution is 9.10. The molecular weight excluding hydrogens is 285 g/mol. The highest BCUT2D eigenvalue weighted by atomic mass is 79.9. The molecule has 0 N–H and O–H groups in total. The molecule has 1 aliphatic carbocycles. The van der Waals surface area contributed by atoms with Gasteiger partial charge in [0.15, 0.2) is 0 Å². The van der Waals surface area contributed by atoms with Crippen LogP contribution < -0.4 is 0 Å². The molecule has 2 nitrogen and oxygen atoms in total. The molecule has 0 atom stereocenters. The lowest BCUT2D eigenvalue weighted by atomic mass is 10.2. The summed E-state index contributed by atoms with van der Waals surface area (Å²) in [6.07, 6.45) is 2.00. The first-order valence-electron chi connectivity index (χ1n) is 5.84. The molecular formula is C13H15BrFNO. The zero-order valence-electron chi connectivity index (χ0n) is 9.75. The highest BCUT2D eigenvalue weighted by Gasteiger charge is 2.32. The molecule has 17 heavy (non-hydrogen) atoms. The van der Waals surface area contributed by atoms with E-state index in [1.165, 1.54) is 12.1 Å². The van der Waals surface area contributed by atoms with Gasteiger partial charge in [0.05, 0.1) is 0 Å². The third kappa shape index (κ3) is 3.28. The van der Waals surface area contributed by atoms with Gasteiger partial charge in [-0.1, -0.05) is 15.9 Å². The largest absolute Gasteiger partial charge is 0.338 e. The van der Waals surface area contributed by atoms with E-state index in [0.29, 0.717) is 17.6 Å². The summed E-state index contributed by atoms with van der Waals surface area (Å²) in [5.41, 5.74) is 0.827. The van der Waals surface area contributed by atoms with Crippen molar-refractivity contribution in [2.75, 3.05) is 6.54 Å². The summed E-state index contributed by atoms with van der Waals surface area (Å²) in [5.74, 6) is 0.143. The summed E-state index contributed by atoms with van der Waals surface area (Å²) < 4.78 is 13.9. The summed E-state index contributed by atoms with van der Waals surface area (Å²) in [6, 6.07) is 4.75. The van der Waals surface area contributed by atoms with E-state index in [2.05, 4.69) is 15.9 Å². The molecule has 0 radical (unpaired) electrons. The number of hydrogen-bond donors (Lipinski definition) is 0. The Morgan fingerprint density at radius 3 is 2.71 bits per heavy atom. The van der Waals surface area contributed by atoms with Crippen molar-refractivity contribution in [3.8, 4) is 0 Å². The van der Waals surface area contributed by atoms with Gasteiger partial charge in [-0.15, -0.1) is 0 Å². The Labute approximate surface area is 109 Å². The van der Waals surface area contributed by atoms with Crippen molar-refractivity contribution in [3.63, 3.8) is 0 Å². The number of nitrogens with zero attached hydrogens (tertiary/aromatic N) is 1. The predicted molar refractivity (Wildman–Crippen MR) is 67.9 cm³/mol. The monoisotopic (exact) mass is 299 g/mol. The minimum atomic E-state index is -0.274. The maximum atomic E-state index is 13.2. The Morgan fingerprint density at radius 1 is 1.47 bits per heavy atom. The van der Waals surface area contributed by atoms with Crippen LogP contribution in [-0.2, 0) is 11.3 Å². The maximum absolute atomic E-state index is 13.2. The zero-order valence-corrected chi connectivity index (χ0v) is 11.3.